The van der Waals surface area contributed by atoms with Crippen LogP contribution in [-0.4, -0.2) is 15.4 Å². The van der Waals surface area contributed by atoms with Crippen LogP contribution in [0.4, 0.5) is 4.39 Å². The maximum Gasteiger partial charge on any atom is 0.178 e. The number of rotatable bonds is 1. The van der Waals surface area contributed by atoms with Gasteiger partial charge in [0.25, 0.3) is 0 Å². The number of amidine groups is 1. The van der Waals surface area contributed by atoms with Crippen LogP contribution in [-0.2, 0) is 12.1 Å². The molecule has 0 spiro atoms. The maximum absolute atomic E-state index is 14.2. The Morgan fingerprint density at radius 1 is 1.43 bits per heavy atom. The number of halogens is 4. The smallest absolute Gasteiger partial charge is 0.178 e. The highest BCUT2D eigenvalue weighted by Crippen LogP contribution is 2.37. The predicted octanol–water partition coefficient (Wildman–Crippen LogP) is 3.73. The van der Waals surface area contributed by atoms with Gasteiger partial charge in [0.2, 0.25) is 0 Å². The summed E-state index contributed by atoms with van der Waals surface area (Å²) in [5.41, 5.74) is 5.48. The number of benzene rings is 1. The van der Waals surface area contributed by atoms with E-state index in [2.05, 4.69) is 25.9 Å². The van der Waals surface area contributed by atoms with Crippen LogP contribution >= 0.6 is 39.1 Å². The third kappa shape index (κ3) is 2.35. The van der Waals surface area contributed by atoms with Crippen LogP contribution in [0.25, 0.3) is 0 Å². The van der Waals surface area contributed by atoms with Crippen LogP contribution in [0.5, 0.6) is 0 Å². The molecular formula is C13H10BrCl2FN4. The Morgan fingerprint density at radius 2 is 2.14 bits per heavy atom. The van der Waals surface area contributed by atoms with E-state index in [0.29, 0.717) is 17.9 Å². The molecule has 1 atom stereocenters. The lowest BCUT2D eigenvalue weighted by Gasteiger charge is -2.31. The largest absolute Gasteiger partial charge is 0.381 e. The highest BCUT2D eigenvalue weighted by molar-refractivity contribution is 9.10. The molecule has 0 amide bonds. The quantitative estimate of drug-likeness (QED) is 0.805. The molecule has 0 radical (unpaired) electrons. The lowest BCUT2D eigenvalue weighted by atomic mass is 9.91. The average Bonchev–Trinajstić information content (AvgIpc) is 2.70. The fraction of sp³-hybridized carbons (Fsp3) is 0.231. The topological polar surface area (TPSA) is 56.2 Å². The molecule has 3 rings (SSSR count). The van der Waals surface area contributed by atoms with Crippen LogP contribution in [0.2, 0.25) is 10.3 Å². The average molecular weight is 392 g/mol. The number of nitrogens with zero attached hydrogens (tertiary/aromatic N) is 3. The highest BCUT2D eigenvalue weighted by Gasteiger charge is 2.36. The molecule has 2 aromatic rings. The molecule has 0 fully saturated rings. The molecular weight excluding hydrogens is 382 g/mol. The molecule has 4 nitrogen and oxygen atoms in total. The Kier molecular flexibility index (Phi) is 3.50. The number of fused-ring (bicyclic) bond motifs is 1. The molecule has 2 N–H and O–H groups in total. The van der Waals surface area contributed by atoms with E-state index >= 15 is 0 Å². The summed E-state index contributed by atoms with van der Waals surface area (Å²) in [4.78, 5) is 8.48. The highest BCUT2D eigenvalue weighted by atomic mass is 79.9. The number of nitrogens with two attached hydrogens (primary N) is 1. The van der Waals surface area contributed by atoms with Crippen molar-refractivity contribution in [2.24, 2.45) is 10.7 Å². The molecule has 110 valence electrons. The first-order valence-electron chi connectivity index (χ1n) is 6.04. The van der Waals surface area contributed by atoms with E-state index in [1.807, 2.05) is 0 Å². The minimum atomic E-state index is -0.890. The third-order valence-electron chi connectivity index (χ3n) is 3.44. The Bertz CT molecular complexity index is 774. The summed E-state index contributed by atoms with van der Waals surface area (Å²) in [6.45, 7) is 2.09. The van der Waals surface area contributed by atoms with Crippen molar-refractivity contribution in [2.75, 3.05) is 0 Å². The normalized spacial score (nSPS) is 21.1. The zero-order chi connectivity index (χ0) is 15.4. The first-order chi connectivity index (χ1) is 9.82. The lowest BCUT2D eigenvalue weighted by molar-refractivity contribution is 0.383. The lowest BCUT2D eigenvalue weighted by Crippen LogP contribution is -2.37. The molecule has 2 heterocycles. The van der Waals surface area contributed by atoms with Crippen LogP contribution in [0, 0.1) is 5.82 Å². The Labute approximate surface area is 138 Å². The summed E-state index contributed by atoms with van der Waals surface area (Å²) in [6, 6.07) is 4.70. The molecule has 8 heteroatoms. The monoisotopic (exact) mass is 390 g/mol. The van der Waals surface area contributed by atoms with E-state index in [0.717, 1.165) is 4.47 Å². The zero-order valence-corrected chi connectivity index (χ0v) is 14.0. The standard InChI is InChI=1S/C13H10BrCl2FN4/c1-13(7-4-6(14)2-3-8(7)17)5-21-10(16)9(15)19-12(21)11(18)20-13/h2-4H,5H2,1H3,(H2,18,20). The van der Waals surface area contributed by atoms with Gasteiger partial charge in [-0.2, -0.15) is 0 Å². The van der Waals surface area contributed by atoms with Gasteiger partial charge in [-0.25, -0.2) is 9.37 Å². The third-order valence-corrected chi connectivity index (χ3v) is 4.67. The predicted molar refractivity (Wildman–Crippen MR) is 84.4 cm³/mol. The molecule has 1 aliphatic heterocycles. The summed E-state index contributed by atoms with van der Waals surface area (Å²) >= 11 is 15.4. The summed E-state index contributed by atoms with van der Waals surface area (Å²) in [5.74, 6) is 0.220. The SMILES string of the molecule is CC1(c2cc(Br)ccc2F)Cn2c(nc(Cl)c2Cl)C(N)=N1. The fourth-order valence-corrected chi connectivity index (χ4v) is 3.18. The fourth-order valence-electron chi connectivity index (χ4n) is 2.46. The number of hydrogen-bond donors (Lipinski definition) is 1. The van der Waals surface area contributed by atoms with Crippen LogP contribution in [0.1, 0.15) is 18.3 Å². The number of imidazole rings is 1. The second-order valence-electron chi connectivity index (χ2n) is 5.00. The molecule has 1 aromatic heterocycles. The molecule has 0 saturated carbocycles. The molecule has 1 aromatic carbocycles. The Balaban J connectivity index is 2.18. The van der Waals surface area contributed by atoms with Gasteiger partial charge in [0, 0.05) is 10.0 Å². The van der Waals surface area contributed by atoms with E-state index < -0.39 is 5.54 Å². The molecule has 21 heavy (non-hydrogen) atoms. The van der Waals surface area contributed by atoms with Crippen LogP contribution in [0.3, 0.4) is 0 Å². The van der Waals surface area contributed by atoms with Crippen LogP contribution < -0.4 is 5.73 Å². The first-order valence-corrected chi connectivity index (χ1v) is 7.59. The van der Waals surface area contributed by atoms with E-state index in [1.54, 1.807) is 23.6 Å². The van der Waals surface area contributed by atoms with Crippen molar-refractivity contribution in [2.45, 2.75) is 19.0 Å². The van der Waals surface area contributed by atoms with E-state index in [9.17, 15) is 4.39 Å². The minimum Gasteiger partial charge on any atom is -0.381 e. The summed E-state index contributed by atoms with van der Waals surface area (Å²) in [6.07, 6.45) is 0. The molecule has 1 unspecified atom stereocenters. The van der Waals surface area contributed by atoms with E-state index in [1.165, 1.54) is 6.07 Å². The van der Waals surface area contributed by atoms with Gasteiger partial charge in [0.15, 0.2) is 16.8 Å². The summed E-state index contributed by atoms with van der Waals surface area (Å²) in [7, 11) is 0. The van der Waals surface area contributed by atoms with Crippen molar-refractivity contribution in [3.8, 4) is 0 Å². The van der Waals surface area contributed by atoms with Gasteiger partial charge in [0.1, 0.15) is 16.5 Å². The Hall–Kier alpha value is -1.11. The van der Waals surface area contributed by atoms with Crippen molar-refractivity contribution in [1.29, 1.82) is 0 Å². The second-order valence-corrected chi connectivity index (χ2v) is 6.63. The number of hydrogen-bond acceptors (Lipinski definition) is 3. The Morgan fingerprint density at radius 3 is 2.86 bits per heavy atom. The molecule has 0 saturated heterocycles. The van der Waals surface area contributed by atoms with Gasteiger partial charge in [0.05, 0.1) is 6.54 Å². The second kappa shape index (κ2) is 4.97. The van der Waals surface area contributed by atoms with Crippen molar-refractivity contribution >= 4 is 45.0 Å². The van der Waals surface area contributed by atoms with Crippen LogP contribution in [0.15, 0.2) is 27.7 Å². The van der Waals surface area contributed by atoms with Gasteiger partial charge >= 0.3 is 0 Å². The maximum atomic E-state index is 14.2. The number of aromatic nitrogens is 2. The number of aliphatic imine (C=N–C) groups is 1. The zero-order valence-electron chi connectivity index (χ0n) is 10.9. The van der Waals surface area contributed by atoms with Gasteiger partial charge < -0.3 is 10.3 Å². The van der Waals surface area contributed by atoms with Crippen molar-refractivity contribution < 1.29 is 4.39 Å². The van der Waals surface area contributed by atoms with Crippen molar-refractivity contribution in [3.63, 3.8) is 0 Å². The molecule has 0 aliphatic carbocycles. The molecule has 1 aliphatic rings. The van der Waals surface area contributed by atoms with E-state index in [-0.39, 0.29) is 22.0 Å². The van der Waals surface area contributed by atoms with Gasteiger partial charge in [-0.3, -0.25) is 4.99 Å². The van der Waals surface area contributed by atoms with Gasteiger partial charge in [-0.05, 0) is 25.1 Å². The van der Waals surface area contributed by atoms with E-state index in [4.69, 9.17) is 28.9 Å². The molecule has 0 bridgehead atoms. The van der Waals surface area contributed by atoms with Gasteiger partial charge in [-0.1, -0.05) is 39.1 Å². The summed E-state index contributed by atoms with van der Waals surface area (Å²) in [5, 5.41) is 0.426. The van der Waals surface area contributed by atoms with Crippen molar-refractivity contribution in [1.82, 2.24) is 9.55 Å². The minimum absolute atomic E-state index is 0.156. The van der Waals surface area contributed by atoms with Gasteiger partial charge in [-0.15, -0.1) is 0 Å². The summed E-state index contributed by atoms with van der Waals surface area (Å²) < 4.78 is 16.6. The first kappa shape index (κ1) is 14.8. The van der Waals surface area contributed by atoms with Crippen molar-refractivity contribution in [3.05, 3.63) is 50.2 Å².